The second-order valence-electron chi connectivity index (χ2n) is 6.63. The van der Waals surface area contributed by atoms with Gasteiger partial charge < -0.3 is 15.4 Å². The molecule has 0 amide bonds. The Balaban J connectivity index is 1.95. The molecule has 140 valence electrons. The molecule has 0 saturated heterocycles. The maximum Gasteiger partial charge on any atom is 0.191 e. The van der Waals surface area contributed by atoms with Gasteiger partial charge in [-0.2, -0.15) is 0 Å². The molecule has 1 aromatic heterocycles. The Morgan fingerprint density at radius 1 is 1.32 bits per heavy atom. The fourth-order valence-corrected chi connectivity index (χ4v) is 3.37. The van der Waals surface area contributed by atoms with Crippen molar-refractivity contribution in [3.63, 3.8) is 0 Å². The Hall–Kier alpha value is -1.69. The van der Waals surface area contributed by atoms with E-state index >= 15 is 0 Å². The first kappa shape index (κ1) is 19.6. The van der Waals surface area contributed by atoms with E-state index in [1.165, 1.54) is 31.7 Å². The molecule has 1 aliphatic carbocycles. The molecule has 1 heterocycles. The topological polar surface area (TPSA) is 58.5 Å². The Bertz CT molecular complexity index is 544. The van der Waals surface area contributed by atoms with Gasteiger partial charge in [0.2, 0.25) is 0 Å². The molecule has 0 radical (unpaired) electrons. The molecule has 25 heavy (non-hydrogen) atoms. The van der Waals surface area contributed by atoms with E-state index in [1.54, 1.807) is 12.3 Å². The van der Waals surface area contributed by atoms with Gasteiger partial charge in [-0.1, -0.05) is 12.8 Å². The lowest BCUT2D eigenvalue weighted by Gasteiger charge is -2.30. The van der Waals surface area contributed by atoms with Crippen LogP contribution >= 0.6 is 0 Å². The SMILES string of the molecule is CCNC(=NCc1ncccc1F)NCC1(CCOCC)CCCC1. The third-order valence-corrected chi connectivity index (χ3v) is 4.84. The first-order valence-corrected chi connectivity index (χ1v) is 9.38. The lowest BCUT2D eigenvalue weighted by Crippen LogP contribution is -2.43. The van der Waals surface area contributed by atoms with Gasteiger partial charge in [0.05, 0.1) is 12.2 Å². The van der Waals surface area contributed by atoms with Gasteiger partial charge in [-0.05, 0) is 50.7 Å². The Labute approximate surface area is 150 Å². The van der Waals surface area contributed by atoms with Crippen LogP contribution in [-0.4, -0.2) is 37.2 Å². The van der Waals surface area contributed by atoms with Crippen LogP contribution in [-0.2, 0) is 11.3 Å². The summed E-state index contributed by atoms with van der Waals surface area (Å²) in [6.07, 6.45) is 7.67. The summed E-state index contributed by atoms with van der Waals surface area (Å²) in [5.74, 6) is 0.404. The second kappa shape index (κ2) is 10.3. The molecule has 5 nitrogen and oxygen atoms in total. The van der Waals surface area contributed by atoms with Crippen LogP contribution in [0.5, 0.6) is 0 Å². The second-order valence-corrected chi connectivity index (χ2v) is 6.63. The highest BCUT2D eigenvalue weighted by atomic mass is 19.1. The zero-order chi connectivity index (χ0) is 18.0. The molecule has 0 bridgehead atoms. The quantitative estimate of drug-likeness (QED) is 0.408. The highest BCUT2D eigenvalue weighted by Gasteiger charge is 2.33. The van der Waals surface area contributed by atoms with Crippen LogP contribution in [0.15, 0.2) is 23.3 Å². The molecular formula is C19H31FN4O. The molecular weight excluding hydrogens is 319 g/mol. The van der Waals surface area contributed by atoms with Crippen molar-refractivity contribution >= 4 is 5.96 Å². The fraction of sp³-hybridized carbons (Fsp3) is 0.684. The summed E-state index contributed by atoms with van der Waals surface area (Å²) in [6, 6.07) is 3.01. The molecule has 2 N–H and O–H groups in total. The van der Waals surface area contributed by atoms with Crippen molar-refractivity contribution < 1.29 is 9.13 Å². The van der Waals surface area contributed by atoms with Crippen LogP contribution in [0.25, 0.3) is 0 Å². The first-order chi connectivity index (χ1) is 12.2. The molecule has 1 fully saturated rings. The van der Waals surface area contributed by atoms with Gasteiger partial charge in [0.25, 0.3) is 0 Å². The smallest absolute Gasteiger partial charge is 0.191 e. The summed E-state index contributed by atoms with van der Waals surface area (Å²) in [5.41, 5.74) is 0.647. The van der Waals surface area contributed by atoms with Crippen molar-refractivity contribution in [2.75, 3.05) is 26.3 Å². The van der Waals surface area contributed by atoms with E-state index in [0.29, 0.717) is 5.69 Å². The minimum atomic E-state index is -0.314. The number of guanidine groups is 1. The van der Waals surface area contributed by atoms with Gasteiger partial charge in [0, 0.05) is 32.5 Å². The van der Waals surface area contributed by atoms with E-state index in [9.17, 15) is 4.39 Å². The number of hydrogen-bond donors (Lipinski definition) is 2. The molecule has 0 atom stereocenters. The Morgan fingerprint density at radius 2 is 2.12 bits per heavy atom. The van der Waals surface area contributed by atoms with E-state index in [4.69, 9.17) is 4.74 Å². The normalized spacial score (nSPS) is 16.8. The number of aromatic nitrogens is 1. The van der Waals surface area contributed by atoms with Crippen LogP contribution in [0.1, 0.15) is 51.6 Å². The molecule has 0 unspecified atom stereocenters. The number of aliphatic imine (C=N–C) groups is 1. The van der Waals surface area contributed by atoms with Gasteiger partial charge in [-0.25, -0.2) is 9.38 Å². The number of halogens is 1. The standard InChI is InChI=1S/C19H31FN4O/c1-3-21-18(23-14-17-16(20)8-7-12-22-17)24-15-19(9-5-6-10-19)11-13-25-4-2/h7-8,12H,3-6,9-11,13-15H2,1-2H3,(H2,21,23,24). The third-order valence-electron chi connectivity index (χ3n) is 4.84. The fourth-order valence-electron chi connectivity index (χ4n) is 3.37. The van der Waals surface area contributed by atoms with Crippen LogP contribution in [0, 0.1) is 11.2 Å². The molecule has 6 heteroatoms. The molecule has 0 spiro atoms. The molecule has 1 aliphatic rings. The maximum atomic E-state index is 13.7. The lowest BCUT2D eigenvalue weighted by atomic mass is 9.83. The minimum Gasteiger partial charge on any atom is -0.382 e. The third kappa shape index (κ3) is 6.27. The Kier molecular flexibility index (Phi) is 8.12. The van der Waals surface area contributed by atoms with Crippen molar-refractivity contribution in [1.82, 2.24) is 15.6 Å². The number of rotatable bonds is 9. The zero-order valence-corrected chi connectivity index (χ0v) is 15.5. The predicted molar refractivity (Wildman–Crippen MR) is 99.0 cm³/mol. The molecule has 0 aliphatic heterocycles. The summed E-state index contributed by atoms with van der Waals surface area (Å²) in [7, 11) is 0. The highest BCUT2D eigenvalue weighted by Crippen LogP contribution is 2.40. The van der Waals surface area contributed by atoms with E-state index < -0.39 is 0 Å². The molecule has 0 aromatic carbocycles. The van der Waals surface area contributed by atoms with Crippen LogP contribution in [0.3, 0.4) is 0 Å². The van der Waals surface area contributed by atoms with E-state index in [0.717, 1.165) is 38.7 Å². The molecule has 1 aromatic rings. The molecule has 2 rings (SSSR count). The summed E-state index contributed by atoms with van der Waals surface area (Å²) < 4.78 is 19.3. The highest BCUT2D eigenvalue weighted by molar-refractivity contribution is 5.79. The van der Waals surface area contributed by atoms with Crippen molar-refractivity contribution in [1.29, 1.82) is 0 Å². The van der Waals surface area contributed by atoms with Gasteiger partial charge in [-0.3, -0.25) is 4.98 Å². The average molecular weight is 350 g/mol. The van der Waals surface area contributed by atoms with Crippen molar-refractivity contribution in [2.24, 2.45) is 10.4 Å². The van der Waals surface area contributed by atoms with Crippen molar-refractivity contribution in [3.8, 4) is 0 Å². The summed E-state index contributed by atoms with van der Waals surface area (Å²) in [5, 5.41) is 6.69. The number of hydrogen-bond acceptors (Lipinski definition) is 3. The van der Waals surface area contributed by atoms with Crippen molar-refractivity contribution in [3.05, 3.63) is 29.8 Å². The number of ether oxygens (including phenoxy) is 1. The summed E-state index contributed by atoms with van der Waals surface area (Å²) in [6.45, 7) is 7.51. The van der Waals surface area contributed by atoms with Crippen LogP contribution in [0.4, 0.5) is 4.39 Å². The van der Waals surface area contributed by atoms with E-state index in [1.807, 2.05) is 13.8 Å². The van der Waals surface area contributed by atoms with Crippen LogP contribution in [0.2, 0.25) is 0 Å². The van der Waals surface area contributed by atoms with Crippen LogP contribution < -0.4 is 10.6 Å². The number of pyridine rings is 1. The first-order valence-electron chi connectivity index (χ1n) is 9.38. The van der Waals surface area contributed by atoms with E-state index in [-0.39, 0.29) is 17.8 Å². The molecule has 1 saturated carbocycles. The van der Waals surface area contributed by atoms with Gasteiger partial charge in [0.15, 0.2) is 5.96 Å². The Morgan fingerprint density at radius 3 is 2.80 bits per heavy atom. The summed E-state index contributed by atoms with van der Waals surface area (Å²) in [4.78, 5) is 8.55. The minimum absolute atomic E-state index is 0.230. The lowest BCUT2D eigenvalue weighted by molar-refractivity contribution is 0.105. The number of nitrogens with zero attached hydrogens (tertiary/aromatic N) is 2. The van der Waals surface area contributed by atoms with Gasteiger partial charge in [-0.15, -0.1) is 0 Å². The largest absolute Gasteiger partial charge is 0.382 e. The summed E-state index contributed by atoms with van der Waals surface area (Å²) >= 11 is 0. The van der Waals surface area contributed by atoms with Gasteiger partial charge >= 0.3 is 0 Å². The van der Waals surface area contributed by atoms with Crippen molar-refractivity contribution in [2.45, 2.75) is 52.5 Å². The van der Waals surface area contributed by atoms with E-state index in [2.05, 4.69) is 20.6 Å². The van der Waals surface area contributed by atoms with Gasteiger partial charge in [0.1, 0.15) is 5.82 Å². The predicted octanol–water partition coefficient (Wildman–Crippen LogP) is 3.26. The maximum absolute atomic E-state index is 13.7. The zero-order valence-electron chi connectivity index (χ0n) is 15.5. The number of nitrogens with one attached hydrogen (secondary N) is 2. The average Bonchev–Trinajstić information content (AvgIpc) is 3.08. The monoisotopic (exact) mass is 350 g/mol.